The lowest BCUT2D eigenvalue weighted by atomic mass is 9.97. The molecule has 0 unspecified atom stereocenters. The predicted octanol–water partition coefficient (Wildman–Crippen LogP) is 2.32. The minimum atomic E-state index is -0.476. The van der Waals surface area contributed by atoms with Gasteiger partial charge in [0, 0.05) is 17.3 Å². The minimum absolute atomic E-state index is 0.259. The molecule has 4 N–H and O–H groups in total. The van der Waals surface area contributed by atoms with Crippen LogP contribution in [0.1, 0.15) is 10.4 Å². The molecule has 2 aromatic carbocycles. The third-order valence-corrected chi connectivity index (χ3v) is 3.62. The Balaban J connectivity index is 2.17. The van der Waals surface area contributed by atoms with Gasteiger partial charge < -0.3 is 16.2 Å². The Bertz CT molecular complexity index is 947. The maximum atomic E-state index is 12.1. The number of aromatic nitrogens is 1. The van der Waals surface area contributed by atoms with Crippen molar-refractivity contribution in [2.75, 3.05) is 7.11 Å². The summed E-state index contributed by atoms with van der Waals surface area (Å²) in [5.41, 5.74) is 12.8. The molecule has 0 aliphatic rings. The van der Waals surface area contributed by atoms with Gasteiger partial charge in [-0.1, -0.05) is 24.3 Å². The zero-order valence-corrected chi connectivity index (χ0v) is 13.1. The summed E-state index contributed by atoms with van der Waals surface area (Å²) in [6, 6.07) is 13.1. The fraction of sp³-hybridized carbons (Fsp3) is 0.0556. The van der Waals surface area contributed by atoms with Crippen LogP contribution in [0.4, 0.5) is 0 Å². The highest BCUT2D eigenvalue weighted by atomic mass is 16.5. The standard InChI is InChI=1S/C18H16N4O2/c1-24-14-7-13(9-21-10-14)15-4-2-3-11-5-6-12(8-16(11)15)17(23)22-18(19)20/h2-10H,1H3,(H4,19,20,22,23). The maximum absolute atomic E-state index is 12.1. The summed E-state index contributed by atoms with van der Waals surface area (Å²) in [4.78, 5) is 19.8. The number of carbonyl (C=O) groups is 1. The van der Waals surface area contributed by atoms with E-state index in [4.69, 9.17) is 16.2 Å². The van der Waals surface area contributed by atoms with Gasteiger partial charge in [-0.15, -0.1) is 0 Å². The number of rotatable bonds is 3. The molecule has 0 bridgehead atoms. The Morgan fingerprint density at radius 3 is 2.71 bits per heavy atom. The Morgan fingerprint density at radius 1 is 1.12 bits per heavy atom. The molecule has 24 heavy (non-hydrogen) atoms. The largest absolute Gasteiger partial charge is 0.495 e. The lowest BCUT2D eigenvalue weighted by molar-refractivity contribution is 0.100. The van der Waals surface area contributed by atoms with Crippen LogP contribution in [0.3, 0.4) is 0 Å². The van der Waals surface area contributed by atoms with E-state index in [0.29, 0.717) is 11.3 Å². The fourth-order valence-electron chi connectivity index (χ4n) is 2.52. The highest BCUT2D eigenvalue weighted by molar-refractivity contribution is 6.06. The molecular weight excluding hydrogens is 304 g/mol. The summed E-state index contributed by atoms with van der Waals surface area (Å²) >= 11 is 0. The van der Waals surface area contributed by atoms with Crippen molar-refractivity contribution in [3.8, 4) is 16.9 Å². The van der Waals surface area contributed by atoms with Crippen LogP contribution >= 0.6 is 0 Å². The number of carbonyl (C=O) groups excluding carboxylic acids is 1. The maximum Gasteiger partial charge on any atom is 0.280 e. The van der Waals surface area contributed by atoms with Crippen LogP contribution in [0.5, 0.6) is 5.75 Å². The summed E-state index contributed by atoms with van der Waals surface area (Å²) < 4.78 is 5.23. The van der Waals surface area contributed by atoms with Gasteiger partial charge >= 0.3 is 0 Å². The van der Waals surface area contributed by atoms with Crippen molar-refractivity contribution in [2.24, 2.45) is 16.5 Å². The fourth-order valence-corrected chi connectivity index (χ4v) is 2.52. The number of nitrogens with two attached hydrogens (primary N) is 2. The second-order valence-corrected chi connectivity index (χ2v) is 5.20. The SMILES string of the molecule is COc1cncc(-c2cccc3ccc(C(=O)N=C(N)N)cc23)c1. The zero-order chi connectivity index (χ0) is 17.1. The lowest BCUT2D eigenvalue weighted by Gasteiger charge is -2.09. The van der Waals surface area contributed by atoms with Crippen molar-refractivity contribution >= 4 is 22.6 Å². The van der Waals surface area contributed by atoms with Gasteiger partial charge in [0.2, 0.25) is 0 Å². The number of ether oxygens (including phenoxy) is 1. The topological polar surface area (TPSA) is 104 Å². The summed E-state index contributed by atoms with van der Waals surface area (Å²) in [7, 11) is 1.59. The Hall–Kier alpha value is -3.41. The van der Waals surface area contributed by atoms with Crippen LogP contribution in [0.15, 0.2) is 59.9 Å². The van der Waals surface area contributed by atoms with E-state index in [-0.39, 0.29) is 5.96 Å². The molecule has 1 aromatic heterocycles. The molecule has 1 heterocycles. The van der Waals surface area contributed by atoms with Crippen LogP contribution in [0.2, 0.25) is 0 Å². The normalized spacial score (nSPS) is 10.4. The number of amides is 1. The summed E-state index contributed by atoms with van der Waals surface area (Å²) in [5, 5.41) is 1.90. The van der Waals surface area contributed by atoms with Gasteiger partial charge in [0.1, 0.15) is 5.75 Å². The van der Waals surface area contributed by atoms with Crippen LogP contribution in [0, 0.1) is 0 Å². The van der Waals surface area contributed by atoms with Crippen LogP contribution in [0.25, 0.3) is 21.9 Å². The van der Waals surface area contributed by atoms with E-state index in [1.807, 2.05) is 30.3 Å². The van der Waals surface area contributed by atoms with Crippen molar-refractivity contribution < 1.29 is 9.53 Å². The number of nitrogens with zero attached hydrogens (tertiary/aromatic N) is 2. The van der Waals surface area contributed by atoms with Gasteiger partial charge in [-0.3, -0.25) is 9.78 Å². The summed E-state index contributed by atoms with van der Waals surface area (Å²) in [6.45, 7) is 0. The minimum Gasteiger partial charge on any atom is -0.495 e. The van der Waals surface area contributed by atoms with Gasteiger partial charge in [-0.25, -0.2) is 0 Å². The molecule has 3 aromatic rings. The predicted molar refractivity (Wildman–Crippen MR) is 93.9 cm³/mol. The zero-order valence-electron chi connectivity index (χ0n) is 13.1. The molecule has 0 spiro atoms. The molecule has 0 saturated heterocycles. The van der Waals surface area contributed by atoms with Crippen LogP contribution < -0.4 is 16.2 Å². The molecule has 6 heteroatoms. The highest BCUT2D eigenvalue weighted by Gasteiger charge is 2.10. The lowest BCUT2D eigenvalue weighted by Crippen LogP contribution is -2.24. The highest BCUT2D eigenvalue weighted by Crippen LogP contribution is 2.30. The second kappa shape index (κ2) is 6.37. The number of benzene rings is 2. The van der Waals surface area contributed by atoms with E-state index in [1.54, 1.807) is 31.6 Å². The quantitative estimate of drug-likeness (QED) is 0.569. The first-order chi connectivity index (χ1) is 11.6. The molecule has 0 atom stereocenters. The number of guanidine groups is 1. The monoisotopic (exact) mass is 320 g/mol. The second-order valence-electron chi connectivity index (χ2n) is 5.20. The molecule has 1 amide bonds. The Morgan fingerprint density at radius 2 is 1.96 bits per heavy atom. The van der Waals surface area contributed by atoms with E-state index in [0.717, 1.165) is 21.9 Å². The summed E-state index contributed by atoms with van der Waals surface area (Å²) in [6.07, 6.45) is 3.39. The van der Waals surface area contributed by atoms with Gasteiger partial charge in [0.05, 0.1) is 13.3 Å². The van der Waals surface area contributed by atoms with Gasteiger partial charge in [-0.2, -0.15) is 4.99 Å². The molecule has 0 radical (unpaired) electrons. The molecule has 3 rings (SSSR count). The van der Waals surface area contributed by atoms with Crippen molar-refractivity contribution in [1.29, 1.82) is 0 Å². The Labute approximate surface area is 138 Å². The number of aliphatic imine (C=N–C) groups is 1. The number of fused-ring (bicyclic) bond motifs is 1. The van der Waals surface area contributed by atoms with E-state index < -0.39 is 5.91 Å². The van der Waals surface area contributed by atoms with Gasteiger partial charge in [0.15, 0.2) is 5.96 Å². The third kappa shape index (κ3) is 3.03. The van der Waals surface area contributed by atoms with E-state index in [2.05, 4.69) is 9.98 Å². The number of hydrogen-bond acceptors (Lipinski definition) is 3. The number of methoxy groups -OCH3 is 1. The first kappa shape index (κ1) is 15.5. The molecular formula is C18H16N4O2. The summed E-state index contributed by atoms with van der Waals surface area (Å²) in [5.74, 6) is -0.0712. The van der Waals surface area contributed by atoms with Gasteiger partial charge in [-0.05, 0) is 34.5 Å². The first-order valence-corrected chi connectivity index (χ1v) is 7.24. The number of hydrogen-bond donors (Lipinski definition) is 2. The molecule has 0 aliphatic heterocycles. The average molecular weight is 320 g/mol. The van der Waals surface area contributed by atoms with Crippen molar-refractivity contribution in [3.05, 3.63) is 60.4 Å². The smallest absolute Gasteiger partial charge is 0.280 e. The Kier molecular flexibility index (Phi) is 4.11. The van der Waals surface area contributed by atoms with Crippen molar-refractivity contribution in [3.63, 3.8) is 0 Å². The first-order valence-electron chi connectivity index (χ1n) is 7.24. The average Bonchev–Trinajstić information content (AvgIpc) is 2.60. The van der Waals surface area contributed by atoms with Crippen LogP contribution in [-0.4, -0.2) is 24.0 Å². The number of pyridine rings is 1. The molecule has 0 fully saturated rings. The van der Waals surface area contributed by atoms with Crippen molar-refractivity contribution in [2.45, 2.75) is 0 Å². The van der Waals surface area contributed by atoms with Gasteiger partial charge in [0.25, 0.3) is 5.91 Å². The van der Waals surface area contributed by atoms with Crippen LogP contribution in [-0.2, 0) is 0 Å². The van der Waals surface area contributed by atoms with E-state index >= 15 is 0 Å². The molecule has 120 valence electrons. The third-order valence-electron chi connectivity index (χ3n) is 3.62. The molecule has 0 saturated carbocycles. The molecule has 0 aliphatic carbocycles. The van der Waals surface area contributed by atoms with E-state index in [9.17, 15) is 4.79 Å². The molecule has 6 nitrogen and oxygen atoms in total. The van der Waals surface area contributed by atoms with E-state index in [1.165, 1.54) is 0 Å². The van der Waals surface area contributed by atoms with Crippen molar-refractivity contribution in [1.82, 2.24) is 4.98 Å².